The third kappa shape index (κ3) is 6.17. The Labute approximate surface area is 136 Å². The molecule has 0 N–H and O–H groups in total. The zero-order valence-electron chi connectivity index (χ0n) is 14.9. The van der Waals surface area contributed by atoms with Gasteiger partial charge in [-0.2, -0.15) is 0 Å². The van der Waals surface area contributed by atoms with Crippen LogP contribution in [0, 0.1) is 0 Å². The summed E-state index contributed by atoms with van der Waals surface area (Å²) in [5.74, 6) is 0.391. The highest BCUT2D eigenvalue weighted by Crippen LogP contribution is 2.30. The molecule has 0 fully saturated rings. The standard InChI is InChI=1S/C21H32O/c1-6-7-8-9-10-14-20(22)16-21(4,5)19-13-11-12-18(15-19)17(2)3/h11-13,15H,2,6-10,14,16H2,1,3-5H3. The number of carbonyl (C=O) groups excluding carboxylic acids is 1. The van der Waals surface area contributed by atoms with Crippen molar-refractivity contribution in [3.63, 3.8) is 0 Å². The van der Waals surface area contributed by atoms with Gasteiger partial charge in [0.15, 0.2) is 0 Å². The van der Waals surface area contributed by atoms with E-state index in [2.05, 4.69) is 51.6 Å². The van der Waals surface area contributed by atoms with Crippen LogP contribution < -0.4 is 0 Å². The lowest BCUT2D eigenvalue weighted by atomic mass is 9.78. The summed E-state index contributed by atoms with van der Waals surface area (Å²) < 4.78 is 0. The first-order chi connectivity index (χ1) is 10.4. The fraction of sp³-hybridized carbons (Fsp3) is 0.571. The normalized spacial score (nSPS) is 11.5. The predicted molar refractivity (Wildman–Crippen MR) is 97.2 cm³/mol. The Morgan fingerprint density at radius 3 is 2.45 bits per heavy atom. The van der Waals surface area contributed by atoms with Gasteiger partial charge in [0, 0.05) is 12.8 Å². The van der Waals surface area contributed by atoms with Crippen LogP contribution in [0.5, 0.6) is 0 Å². The SMILES string of the molecule is C=C(C)c1cccc(C(C)(C)CC(=O)CCCCCCC)c1. The third-order valence-corrected chi connectivity index (χ3v) is 4.34. The molecule has 0 amide bonds. The summed E-state index contributed by atoms with van der Waals surface area (Å²) in [7, 11) is 0. The van der Waals surface area contributed by atoms with Crippen LogP contribution in [-0.4, -0.2) is 5.78 Å². The topological polar surface area (TPSA) is 17.1 Å². The van der Waals surface area contributed by atoms with Gasteiger partial charge >= 0.3 is 0 Å². The van der Waals surface area contributed by atoms with Gasteiger partial charge in [-0.15, -0.1) is 0 Å². The molecule has 22 heavy (non-hydrogen) atoms. The Morgan fingerprint density at radius 2 is 1.82 bits per heavy atom. The molecule has 0 aromatic heterocycles. The van der Waals surface area contributed by atoms with Gasteiger partial charge in [-0.3, -0.25) is 4.79 Å². The van der Waals surface area contributed by atoms with E-state index in [-0.39, 0.29) is 5.41 Å². The van der Waals surface area contributed by atoms with Crippen molar-refractivity contribution in [2.45, 2.75) is 78.1 Å². The first-order valence-corrected chi connectivity index (χ1v) is 8.65. The average Bonchev–Trinajstić information content (AvgIpc) is 2.46. The Morgan fingerprint density at radius 1 is 1.14 bits per heavy atom. The van der Waals surface area contributed by atoms with Crippen molar-refractivity contribution >= 4 is 11.4 Å². The molecule has 0 saturated heterocycles. The summed E-state index contributed by atoms with van der Waals surface area (Å²) in [6.45, 7) is 12.6. The highest BCUT2D eigenvalue weighted by molar-refractivity contribution is 5.80. The predicted octanol–water partition coefficient (Wildman–Crippen LogP) is 6.32. The lowest BCUT2D eigenvalue weighted by molar-refractivity contribution is -0.120. The molecule has 0 atom stereocenters. The van der Waals surface area contributed by atoms with E-state index in [9.17, 15) is 4.79 Å². The van der Waals surface area contributed by atoms with E-state index in [1.54, 1.807) is 0 Å². The zero-order chi connectivity index (χ0) is 16.6. The Hall–Kier alpha value is -1.37. The Balaban J connectivity index is 2.57. The maximum atomic E-state index is 12.3. The van der Waals surface area contributed by atoms with E-state index >= 15 is 0 Å². The molecule has 0 spiro atoms. The van der Waals surface area contributed by atoms with Gasteiger partial charge in [0.05, 0.1) is 0 Å². The van der Waals surface area contributed by atoms with Crippen molar-refractivity contribution in [2.24, 2.45) is 0 Å². The number of ketones is 1. The number of Topliss-reactive ketones (excluding diaryl/α,β-unsaturated/α-hetero) is 1. The summed E-state index contributed by atoms with van der Waals surface area (Å²) in [5, 5.41) is 0. The fourth-order valence-corrected chi connectivity index (χ4v) is 2.81. The van der Waals surface area contributed by atoms with E-state index in [0.717, 1.165) is 24.0 Å². The second kappa shape index (κ2) is 8.92. The number of allylic oxidation sites excluding steroid dienone is 1. The fourth-order valence-electron chi connectivity index (χ4n) is 2.81. The van der Waals surface area contributed by atoms with Gasteiger partial charge in [-0.05, 0) is 29.9 Å². The molecule has 0 aliphatic heterocycles. The monoisotopic (exact) mass is 300 g/mol. The molecule has 1 nitrogen and oxygen atoms in total. The number of carbonyl (C=O) groups is 1. The zero-order valence-corrected chi connectivity index (χ0v) is 14.9. The van der Waals surface area contributed by atoms with Gasteiger partial charge in [-0.1, -0.05) is 82.9 Å². The summed E-state index contributed by atoms with van der Waals surface area (Å²) >= 11 is 0. The van der Waals surface area contributed by atoms with Crippen molar-refractivity contribution in [1.82, 2.24) is 0 Å². The van der Waals surface area contributed by atoms with Crippen LogP contribution in [0.4, 0.5) is 0 Å². The van der Waals surface area contributed by atoms with Gasteiger partial charge in [0.2, 0.25) is 0 Å². The van der Waals surface area contributed by atoms with E-state index < -0.39 is 0 Å². The molecule has 0 aliphatic rings. The molecule has 0 saturated carbocycles. The molecule has 0 bridgehead atoms. The maximum absolute atomic E-state index is 12.3. The molecular weight excluding hydrogens is 268 g/mol. The molecule has 1 heteroatoms. The Bertz CT molecular complexity index is 496. The number of hydrogen-bond acceptors (Lipinski definition) is 1. The molecule has 1 aromatic rings. The van der Waals surface area contributed by atoms with E-state index in [1.165, 1.54) is 31.2 Å². The molecule has 0 unspecified atom stereocenters. The number of hydrogen-bond donors (Lipinski definition) is 0. The van der Waals surface area contributed by atoms with Crippen LogP contribution in [0.1, 0.15) is 83.8 Å². The Kier molecular flexibility index (Phi) is 7.58. The summed E-state index contributed by atoms with van der Waals surface area (Å²) in [4.78, 5) is 12.3. The van der Waals surface area contributed by atoms with Gasteiger partial charge in [0.25, 0.3) is 0 Å². The van der Waals surface area contributed by atoms with Crippen LogP contribution in [-0.2, 0) is 10.2 Å². The third-order valence-electron chi connectivity index (χ3n) is 4.34. The van der Waals surface area contributed by atoms with E-state index in [4.69, 9.17) is 0 Å². The lowest BCUT2D eigenvalue weighted by Gasteiger charge is -2.25. The first-order valence-electron chi connectivity index (χ1n) is 8.65. The minimum absolute atomic E-state index is 0.105. The average molecular weight is 300 g/mol. The molecule has 122 valence electrons. The summed E-state index contributed by atoms with van der Waals surface area (Å²) in [5.41, 5.74) is 3.36. The van der Waals surface area contributed by atoms with Crippen molar-refractivity contribution < 1.29 is 4.79 Å². The molecule has 1 rings (SSSR count). The van der Waals surface area contributed by atoms with Crippen molar-refractivity contribution in [1.29, 1.82) is 0 Å². The molecular formula is C21H32O. The van der Waals surface area contributed by atoms with Crippen molar-refractivity contribution in [3.05, 3.63) is 42.0 Å². The largest absolute Gasteiger partial charge is 0.300 e. The second-order valence-electron chi connectivity index (χ2n) is 7.12. The van der Waals surface area contributed by atoms with Crippen LogP contribution in [0.15, 0.2) is 30.8 Å². The summed E-state index contributed by atoms with van der Waals surface area (Å²) in [6.07, 6.45) is 7.38. The number of unbranched alkanes of at least 4 members (excludes halogenated alkanes) is 4. The molecule has 1 aromatic carbocycles. The van der Waals surface area contributed by atoms with Crippen molar-refractivity contribution in [3.8, 4) is 0 Å². The van der Waals surface area contributed by atoms with E-state index in [1.807, 2.05) is 6.92 Å². The summed E-state index contributed by atoms with van der Waals surface area (Å²) in [6, 6.07) is 8.45. The van der Waals surface area contributed by atoms with Crippen LogP contribution >= 0.6 is 0 Å². The van der Waals surface area contributed by atoms with Crippen LogP contribution in [0.25, 0.3) is 5.57 Å². The maximum Gasteiger partial charge on any atom is 0.133 e. The molecule has 0 aliphatic carbocycles. The highest BCUT2D eigenvalue weighted by atomic mass is 16.1. The lowest BCUT2D eigenvalue weighted by Crippen LogP contribution is -2.22. The van der Waals surface area contributed by atoms with Crippen molar-refractivity contribution in [2.75, 3.05) is 0 Å². The van der Waals surface area contributed by atoms with E-state index in [0.29, 0.717) is 12.2 Å². The van der Waals surface area contributed by atoms with Crippen LogP contribution in [0.2, 0.25) is 0 Å². The second-order valence-corrected chi connectivity index (χ2v) is 7.12. The number of rotatable bonds is 10. The van der Waals surface area contributed by atoms with Gasteiger partial charge in [0.1, 0.15) is 5.78 Å². The quantitative estimate of drug-likeness (QED) is 0.462. The van der Waals surface area contributed by atoms with Gasteiger partial charge in [-0.25, -0.2) is 0 Å². The highest BCUT2D eigenvalue weighted by Gasteiger charge is 2.24. The van der Waals surface area contributed by atoms with Crippen LogP contribution in [0.3, 0.4) is 0 Å². The minimum atomic E-state index is -0.105. The molecule has 0 heterocycles. The molecule has 0 radical (unpaired) electrons. The minimum Gasteiger partial charge on any atom is -0.300 e. The first kappa shape index (κ1) is 18.7. The number of benzene rings is 1. The smallest absolute Gasteiger partial charge is 0.133 e. The van der Waals surface area contributed by atoms with Gasteiger partial charge < -0.3 is 0 Å².